The van der Waals surface area contributed by atoms with Gasteiger partial charge in [-0.15, -0.1) is 0 Å². The number of amides is 2. The molecule has 0 aliphatic carbocycles. The number of ether oxygens (including phenoxy) is 1. The number of halogens is 2. The molecule has 2 aromatic carbocycles. The van der Waals surface area contributed by atoms with Crippen molar-refractivity contribution in [3.8, 4) is 5.75 Å². The van der Waals surface area contributed by atoms with Crippen molar-refractivity contribution in [2.75, 3.05) is 18.4 Å². The molecule has 0 saturated carbocycles. The number of likely N-dealkylation sites (tertiary alicyclic amines) is 1. The van der Waals surface area contributed by atoms with Gasteiger partial charge in [0.15, 0.2) is 0 Å². The Morgan fingerprint density at radius 3 is 2.55 bits per heavy atom. The van der Waals surface area contributed by atoms with Gasteiger partial charge >= 0.3 is 0 Å². The number of nitrogens with zero attached hydrogens (tertiary/aromatic N) is 2. The van der Waals surface area contributed by atoms with Crippen LogP contribution in [0.1, 0.15) is 34.6 Å². The minimum Gasteiger partial charge on any atom is -0.487 e. The molecule has 1 saturated heterocycles. The summed E-state index contributed by atoms with van der Waals surface area (Å²) >= 11 is 0. The second kappa shape index (κ2) is 9.33. The lowest BCUT2D eigenvalue weighted by atomic mass is 10.1. The minimum absolute atomic E-state index is 0.0165. The van der Waals surface area contributed by atoms with E-state index in [0.717, 1.165) is 5.56 Å². The molecule has 2 amide bonds. The maximum Gasteiger partial charge on any atom is 0.272 e. The maximum absolute atomic E-state index is 13.0. The number of aromatic nitrogens is 1. The smallest absolute Gasteiger partial charge is 0.272 e. The van der Waals surface area contributed by atoms with Crippen LogP contribution >= 0.6 is 0 Å². The number of primary amides is 1. The molecule has 4 rings (SSSR count). The van der Waals surface area contributed by atoms with Crippen LogP contribution in [0.3, 0.4) is 0 Å². The van der Waals surface area contributed by atoms with Crippen LogP contribution in [-0.4, -0.2) is 40.7 Å². The maximum atomic E-state index is 13.0. The molecule has 0 spiro atoms. The third kappa shape index (κ3) is 5.89. The van der Waals surface area contributed by atoms with Gasteiger partial charge in [-0.2, -0.15) is 0 Å². The lowest BCUT2D eigenvalue weighted by Crippen LogP contribution is -2.55. The molecule has 33 heavy (non-hydrogen) atoms. The van der Waals surface area contributed by atoms with Crippen LogP contribution in [0.5, 0.6) is 5.75 Å². The van der Waals surface area contributed by atoms with Crippen LogP contribution in [-0.2, 0) is 13.1 Å². The van der Waals surface area contributed by atoms with Gasteiger partial charge in [-0.25, -0.2) is 8.78 Å². The van der Waals surface area contributed by atoms with Crippen molar-refractivity contribution < 1.29 is 25.8 Å². The summed E-state index contributed by atoms with van der Waals surface area (Å²) in [6.45, 7) is -2.45. The molecule has 7 nitrogen and oxygen atoms in total. The molecular formula is C24H22F2N4O3. The minimum atomic E-state index is -2.63. The summed E-state index contributed by atoms with van der Waals surface area (Å²) < 4.78 is 47.9. The quantitative estimate of drug-likeness (QED) is 0.543. The Bertz CT molecular complexity index is 1250. The number of carbonyl (C=O) groups is 2. The highest BCUT2D eigenvalue weighted by Crippen LogP contribution is 2.28. The van der Waals surface area contributed by atoms with E-state index in [1.54, 1.807) is 41.3 Å². The van der Waals surface area contributed by atoms with E-state index in [2.05, 4.69) is 10.3 Å². The summed E-state index contributed by atoms with van der Waals surface area (Å²) in [5, 5.41) is 2.71. The van der Waals surface area contributed by atoms with Gasteiger partial charge in [0, 0.05) is 24.0 Å². The summed E-state index contributed by atoms with van der Waals surface area (Å²) in [5.74, 6) is -3.74. The van der Waals surface area contributed by atoms with Gasteiger partial charge in [-0.05, 0) is 41.5 Å². The molecule has 1 aliphatic heterocycles. The van der Waals surface area contributed by atoms with Crippen LogP contribution in [0.4, 0.5) is 14.5 Å². The summed E-state index contributed by atoms with van der Waals surface area (Å²) in [7, 11) is 0. The van der Waals surface area contributed by atoms with Gasteiger partial charge < -0.3 is 15.8 Å². The Hall–Kier alpha value is -3.85. The first kappa shape index (κ1) is 19.8. The van der Waals surface area contributed by atoms with Gasteiger partial charge in [0.1, 0.15) is 12.3 Å². The highest BCUT2D eigenvalue weighted by Gasteiger charge is 2.43. The standard InChI is InChI=1S/C24H22F2N4O3/c25-24(26)14-30(15-24)12-16-4-6-18(7-5-16)23(32)29-20-3-1-2-17(8-20)13-33-21-9-19(22(27)31)10-28-11-21/h1-11H,12-15H2,(H2,27,31)(H,29,32)/i13D2. The van der Waals surface area contributed by atoms with Gasteiger partial charge in [-0.1, -0.05) is 24.3 Å². The molecule has 3 aromatic rings. The van der Waals surface area contributed by atoms with Crippen molar-refractivity contribution in [2.24, 2.45) is 5.73 Å². The van der Waals surface area contributed by atoms with Crippen LogP contribution in [0.25, 0.3) is 0 Å². The predicted octanol–water partition coefficient (Wildman–Crippen LogP) is 3.46. The largest absolute Gasteiger partial charge is 0.487 e. The lowest BCUT2D eigenvalue weighted by Gasteiger charge is -2.38. The molecule has 3 N–H and O–H groups in total. The SMILES string of the molecule is [2H]C([2H])(Oc1cncc(C(N)=O)c1)c1cccc(NC(=O)c2ccc(CN3CC(F)(F)C3)cc2)c1. The topological polar surface area (TPSA) is 97.5 Å². The Morgan fingerprint density at radius 1 is 1.09 bits per heavy atom. The fraction of sp³-hybridized carbons (Fsp3) is 0.208. The zero-order valence-electron chi connectivity index (χ0n) is 19.4. The summed E-state index contributed by atoms with van der Waals surface area (Å²) in [4.78, 5) is 29.4. The second-order valence-electron chi connectivity index (χ2n) is 7.71. The van der Waals surface area contributed by atoms with Crippen molar-refractivity contribution in [3.63, 3.8) is 0 Å². The first-order valence-electron chi connectivity index (χ1n) is 11.1. The number of pyridine rings is 1. The third-order valence-electron chi connectivity index (χ3n) is 4.94. The van der Waals surface area contributed by atoms with Crippen LogP contribution in [0.2, 0.25) is 0 Å². The van der Waals surface area contributed by atoms with Crippen molar-refractivity contribution >= 4 is 17.5 Å². The first-order valence-corrected chi connectivity index (χ1v) is 10.1. The molecule has 1 fully saturated rings. The monoisotopic (exact) mass is 454 g/mol. The summed E-state index contributed by atoms with van der Waals surface area (Å²) in [6, 6.07) is 14.0. The number of benzene rings is 2. The zero-order chi connectivity index (χ0) is 25.2. The van der Waals surface area contributed by atoms with E-state index < -0.39 is 24.3 Å². The van der Waals surface area contributed by atoms with E-state index >= 15 is 0 Å². The van der Waals surface area contributed by atoms with E-state index in [0.29, 0.717) is 17.8 Å². The Kier molecular flexibility index (Phi) is 5.60. The fourth-order valence-electron chi connectivity index (χ4n) is 3.33. The number of carbonyl (C=O) groups excluding carboxylic acids is 2. The number of anilines is 1. The molecule has 1 aromatic heterocycles. The Balaban J connectivity index is 1.40. The number of nitrogens with two attached hydrogens (primary N) is 1. The highest BCUT2D eigenvalue weighted by atomic mass is 19.3. The highest BCUT2D eigenvalue weighted by molar-refractivity contribution is 6.04. The molecule has 2 heterocycles. The van der Waals surface area contributed by atoms with Crippen molar-refractivity contribution in [2.45, 2.75) is 19.0 Å². The van der Waals surface area contributed by atoms with E-state index in [9.17, 15) is 18.4 Å². The molecule has 1 aliphatic rings. The van der Waals surface area contributed by atoms with Crippen molar-refractivity contribution in [3.05, 3.63) is 89.2 Å². The van der Waals surface area contributed by atoms with Crippen LogP contribution in [0.15, 0.2) is 67.0 Å². The van der Waals surface area contributed by atoms with Gasteiger partial charge in [-0.3, -0.25) is 19.5 Å². The molecule has 0 atom stereocenters. The molecule has 9 heteroatoms. The van der Waals surface area contributed by atoms with E-state index in [1.807, 2.05) is 0 Å². The number of hydrogen-bond donors (Lipinski definition) is 2. The average Bonchev–Trinajstić information content (AvgIpc) is 2.78. The fourth-order valence-corrected chi connectivity index (χ4v) is 3.33. The van der Waals surface area contributed by atoms with Crippen LogP contribution < -0.4 is 15.8 Å². The molecule has 0 radical (unpaired) electrons. The molecule has 170 valence electrons. The number of rotatable bonds is 8. The van der Waals surface area contributed by atoms with E-state index in [-0.39, 0.29) is 30.0 Å². The summed E-state index contributed by atoms with van der Waals surface area (Å²) in [6.07, 6.45) is 2.50. The Morgan fingerprint density at radius 2 is 1.85 bits per heavy atom. The number of nitrogens with one attached hydrogen (secondary N) is 1. The average molecular weight is 454 g/mol. The number of alkyl halides is 2. The predicted molar refractivity (Wildman–Crippen MR) is 118 cm³/mol. The lowest BCUT2D eigenvalue weighted by molar-refractivity contribution is -0.133. The number of hydrogen-bond acceptors (Lipinski definition) is 5. The van der Waals surface area contributed by atoms with Gasteiger partial charge in [0.2, 0.25) is 5.91 Å². The molecule has 0 unspecified atom stereocenters. The third-order valence-corrected chi connectivity index (χ3v) is 4.94. The van der Waals surface area contributed by atoms with Gasteiger partial charge in [0.25, 0.3) is 11.8 Å². The second-order valence-corrected chi connectivity index (χ2v) is 7.71. The van der Waals surface area contributed by atoms with Crippen LogP contribution in [0, 0.1) is 0 Å². The normalized spacial score (nSPS) is 16.2. The van der Waals surface area contributed by atoms with Crippen molar-refractivity contribution in [1.82, 2.24) is 9.88 Å². The van der Waals surface area contributed by atoms with E-state index in [1.165, 1.54) is 30.6 Å². The van der Waals surface area contributed by atoms with Crippen molar-refractivity contribution in [1.29, 1.82) is 0 Å². The zero-order valence-corrected chi connectivity index (χ0v) is 17.4. The first-order chi connectivity index (χ1) is 16.5. The molecule has 0 bridgehead atoms. The summed E-state index contributed by atoms with van der Waals surface area (Å²) in [5.41, 5.74) is 6.95. The Labute approximate surface area is 192 Å². The van der Waals surface area contributed by atoms with E-state index in [4.69, 9.17) is 13.2 Å². The molecular weight excluding hydrogens is 430 g/mol. The van der Waals surface area contributed by atoms with Gasteiger partial charge in [0.05, 0.1) is 27.6 Å².